The molecule has 0 saturated carbocycles. The Morgan fingerprint density at radius 1 is 1.00 bits per heavy atom. The van der Waals surface area contributed by atoms with Crippen LogP contribution < -0.4 is 14.2 Å². The number of nitrogens with zero attached hydrogens (tertiary/aromatic N) is 1. The van der Waals surface area contributed by atoms with Crippen molar-refractivity contribution in [2.75, 3.05) is 33.4 Å². The highest BCUT2D eigenvalue weighted by Crippen LogP contribution is 2.28. The van der Waals surface area contributed by atoms with Crippen LogP contribution in [-0.2, 0) is 16.0 Å². The number of unbranched alkanes of at least 4 members (excludes halogenated alkanes) is 2. The molecule has 2 aromatic carbocycles. The number of carboxylic acids is 1. The van der Waals surface area contributed by atoms with E-state index in [1.165, 1.54) is 12.0 Å². The molecule has 1 atom stereocenters. The molecule has 0 spiro atoms. The second-order valence-corrected chi connectivity index (χ2v) is 8.91. The lowest BCUT2D eigenvalue weighted by atomic mass is 10.1. The summed E-state index contributed by atoms with van der Waals surface area (Å²) in [6, 6.07) is 12.0. The van der Waals surface area contributed by atoms with Gasteiger partial charge in [0.05, 0.1) is 13.7 Å². The number of rotatable bonds is 16. The fourth-order valence-corrected chi connectivity index (χ4v) is 3.75. The molecule has 0 fully saturated rings. The van der Waals surface area contributed by atoms with Crippen molar-refractivity contribution < 1.29 is 46.8 Å². The first kappa shape index (κ1) is 31.7. The van der Waals surface area contributed by atoms with Crippen molar-refractivity contribution in [3.05, 3.63) is 53.6 Å². The normalized spacial score (nSPS) is 12.1. The van der Waals surface area contributed by atoms with Crippen LogP contribution in [0.3, 0.4) is 0 Å². The number of halogens is 3. The van der Waals surface area contributed by atoms with Crippen LogP contribution in [-0.4, -0.2) is 67.8 Å². The van der Waals surface area contributed by atoms with Crippen LogP contribution in [0.4, 0.5) is 18.0 Å². The molecule has 1 unspecified atom stereocenters. The molecule has 1 amide bonds. The van der Waals surface area contributed by atoms with Gasteiger partial charge in [-0.1, -0.05) is 24.6 Å². The lowest BCUT2D eigenvalue weighted by Crippen LogP contribution is -2.37. The molecule has 0 heterocycles. The minimum absolute atomic E-state index is 0.0209. The third-order valence-corrected chi connectivity index (χ3v) is 5.78. The predicted molar refractivity (Wildman–Crippen MR) is 139 cm³/mol. The van der Waals surface area contributed by atoms with E-state index < -0.39 is 30.8 Å². The Morgan fingerprint density at radius 2 is 1.72 bits per heavy atom. The van der Waals surface area contributed by atoms with Gasteiger partial charge in [-0.3, -0.25) is 0 Å². The number of hydrogen-bond acceptors (Lipinski definition) is 6. The molecule has 11 heteroatoms. The van der Waals surface area contributed by atoms with Crippen LogP contribution >= 0.6 is 0 Å². The van der Waals surface area contributed by atoms with E-state index in [1.54, 1.807) is 43.3 Å². The van der Waals surface area contributed by atoms with E-state index in [2.05, 4.69) is 0 Å². The molecule has 1 N–H and O–H groups in total. The average Bonchev–Trinajstić information content (AvgIpc) is 2.87. The van der Waals surface area contributed by atoms with Crippen molar-refractivity contribution >= 4 is 12.1 Å². The fourth-order valence-electron chi connectivity index (χ4n) is 3.75. The first-order valence-corrected chi connectivity index (χ1v) is 12.8. The zero-order valence-corrected chi connectivity index (χ0v) is 22.5. The van der Waals surface area contributed by atoms with Gasteiger partial charge in [-0.25, -0.2) is 9.59 Å². The van der Waals surface area contributed by atoms with Gasteiger partial charge in [-0.05, 0) is 62.1 Å². The molecule has 0 aromatic heterocycles. The van der Waals surface area contributed by atoms with Gasteiger partial charge in [0.1, 0.15) is 12.4 Å². The highest BCUT2D eigenvalue weighted by Gasteiger charge is 2.26. The van der Waals surface area contributed by atoms with E-state index >= 15 is 0 Å². The first-order chi connectivity index (χ1) is 18.5. The van der Waals surface area contributed by atoms with Crippen molar-refractivity contribution in [2.24, 2.45) is 0 Å². The summed E-state index contributed by atoms with van der Waals surface area (Å²) < 4.78 is 59.2. The first-order valence-electron chi connectivity index (χ1n) is 12.8. The number of hydrogen-bond donors (Lipinski definition) is 1. The zero-order valence-electron chi connectivity index (χ0n) is 22.5. The summed E-state index contributed by atoms with van der Waals surface area (Å²) in [5, 5.41) is 9.25. The highest BCUT2D eigenvalue weighted by atomic mass is 19.4. The molecular weight excluding hydrogens is 519 g/mol. The van der Waals surface area contributed by atoms with Crippen LogP contribution in [0.1, 0.15) is 43.7 Å². The average molecular weight is 556 g/mol. The van der Waals surface area contributed by atoms with Gasteiger partial charge < -0.3 is 29.0 Å². The van der Waals surface area contributed by atoms with Crippen LogP contribution in [0.25, 0.3) is 0 Å². The molecule has 2 aromatic rings. The third kappa shape index (κ3) is 11.8. The Bertz CT molecular complexity index is 1040. The van der Waals surface area contributed by atoms with Crippen LogP contribution in [0.5, 0.6) is 17.2 Å². The van der Waals surface area contributed by atoms with E-state index in [1.807, 2.05) is 13.0 Å². The smallest absolute Gasteiger partial charge is 0.415 e. The van der Waals surface area contributed by atoms with Crippen molar-refractivity contribution in [3.63, 3.8) is 0 Å². The number of ether oxygens (including phenoxy) is 4. The summed E-state index contributed by atoms with van der Waals surface area (Å²) in [7, 11) is 1.46. The van der Waals surface area contributed by atoms with Crippen molar-refractivity contribution in [1.82, 2.24) is 4.90 Å². The molecule has 8 nitrogen and oxygen atoms in total. The number of alkyl halides is 3. The number of carbonyl (C=O) groups excluding carboxylic acids is 1. The quantitative estimate of drug-likeness (QED) is 0.253. The molecular formula is C28H36F3NO7. The summed E-state index contributed by atoms with van der Waals surface area (Å²) in [4.78, 5) is 25.7. The number of amides is 1. The third-order valence-electron chi connectivity index (χ3n) is 5.78. The zero-order chi connectivity index (χ0) is 28.8. The Hall–Kier alpha value is -3.47. The number of carboxylic acid groups (broad SMARTS) is 1. The molecule has 0 aliphatic carbocycles. The SMILES string of the molecule is CCOC(Cc1ccc(OCCN(CCCCCC(F)(F)F)C(=O)Oc2cc(C)ccc2OC)cc1)C(=O)O. The Labute approximate surface area is 226 Å². The van der Waals surface area contributed by atoms with Crippen molar-refractivity contribution in [2.45, 2.75) is 58.2 Å². The minimum Gasteiger partial charge on any atom is -0.493 e. The molecule has 0 radical (unpaired) electrons. The number of aryl methyl sites for hydroxylation is 1. The molecule has 0 aliphatic heterocycles. The monoisotopic (exact) mass is 555 g/mol. The van der Waals surface area contributed by atoms with Crippen molar-refractivity contribution in [3.8, 4) is 17.2 Å². The standard InChI is InChI=1S/C28H36F3NO7/c1-4-37-25(26(33)34)19-21-9-11-22(12-10-21)38-17-16-32(15-7-5-6-14-28(29,30)31)27(35)39-24-18-20(2)8-13-23(24)36-3/h8-13,18,25H,4-7,14-17,19H2,1-3H3,(H,33,34). The molecule has 0 bridgehead atoms. The van der Waals surface area contributed by atoms with E-state index in [4.69, 9.17) is 18.9 Å². The van der Waals surface area contributed by atoms with E-state index in [-0.39, 0.29) is 44.9 Å². The van der Waals surface area contributed by atoms with Gasteiger partial charge in [0.25, 0.3) is 0 Å². The minimum atomic E-state index is -4.21. The number of aliphatic carboxylic acids is 1. The Balaban J connectivity index is 1.98. The topological polar surface area (TPSA) is 94.5 Å². The number of carbonyl (C=O) groups is 2. The highest BCUT2D eigenvalue weighted by molar-refractivity contribution is 5.73. The maximum atomic E-state index is 13.0. The summed E-state index contributed by atoms with van der Waals surface area (Å²) in [6.07, 6.45) is -5.81. The molecule has 39 heavy (non-hydrogen) atoms. The Kier molecular flexibility index (Phi) is 12.9. The van der Waals surface area contributed by atoms with Crippen LogP contribution in [0.2, 0.25) is 0 Å². The lowest BCUT2D eigenvalue weighted by molar-refractivity contribution is -0.150. The van der Waals surface area contributed by atoms with Gasteiger partial charge >= 0.3 is 18.2 Å². The molecule has 2 rings (SSSR count). The molecule has 0 saturated heterocycles. The fraction of sp³-hybridized carbons (Fsp3) is 0.500. The lowest BCUT2D eigenvalue weighted by Gasteiger charge is -2.23. The van der Waals surface area contributed by atoms with Gasteiger partial charge in [0, 0.05) is 26.0 Å². The summed E-state index contributed by atoms with van der Waals surface area (Å²) in [5.41, 5.74) is 1.62. The van der Waals surface area contributed by atoms with E-state index in [0.717, 1.165) is 11.1 Å². The molecule has 216 valence electrons. The van der Waals surface area contributed by atoms with E-state index in [9.17, 15) is 27.9 Å². The summed E-state index contributed by atoms with van der Waals surface area (Å²) >= 11 is 0. The van der Waals surface area contributed by atoms with Crippen molar-refractivity contribution in [1.29, 1.82) is 0 Å². The van der Waals surface area contributed by atoms with Gasteiger partial charge in [-0.2, -0.15) is 13.2 Å². The maximum absolute atomic E-state index is 13.0. The van der Waals surface area contributed by atoms with Gasteiger partial charge in [0.2, 0.25) is 0 Å². The Morgan fingerprint density at radius 3 is 2.33 bits per heavy atom. The second kappa shape index (κ2) is 15.8. The van der Waals surface area contributed by atoms with Gasteiger partial charge in [-0.15, -0.1) is 0 Å². The largest absolute Gasteiger partial charge is 0.493 e. The number of methoxy groups -OCH3 is 1. The maximum Gasteiger partial charge on any atom is 0.415 e. The second-order valence-electron chi connectivity index (χ2n) is 8.91. The van der Waals surface area contributed by atoms with Gasteiger partial charge in [0.15, 0.2) is 17.6 Å². The van der Waals surface area contributed by atoms with Crippen LogP contribution in [0, 0.1) is 6.92 Å². The summed E-state index contributed by atoms with van der Waals surface area (Å²) in [5.74, 6) is 0.101. The van der Waals surface area contributed by atoms with E-state index in [0.29, 0.717) is 24.3 Å². The van der Waals surface area contributed by atoms with Crippen LogP contribution in [0.15, 0.2) is 42.5 Å². The predicted octanol–water partition coefficient (Wildman–Crippen LogP) is 6.04. The number of benzene rings is 2. The molecule has 0 aliphatic rings. The summed E-state index contributed by atoms with van der Waals surface area (Å²) in [6.45, 7) is 4.30.